The molecule has 0 saturated carbocycles. The lowest BCUT2D eigenvalue weighted by Gasteiger charge is -2.29. The number of anilines is 4. The fourth-order valence-electron chi connectivity index (χ4n) is 7.45. The largest absolute Gasteiger partial charge is 0.378 e. The SMILES string of the molecule is CC1(C)c2cc(N(c3ccccc3)c3ccc(-c4ccccc4)cc3)ccc2-c2c(C3C=CC=CC3Nc3ccccc3)cccc21. The summed E-state index contributed by atoms with van der Waals surface area (Å²) < 4.78 is 0. The third-order valence-electron chi connectivity index (χ3n) is 9.82. The van der Waals surface area contributed by atoms with Gasteiger partial charge in [0.05, 0.1) is 6.04 Å². The minimum atomic E-state index is -0.146. The Hall–Kier alpha value is -5.60. The van der Waals surface area contributed by atoms with Gasteiger partial charge in [-0.05, 0) is 87.5 Å². The van der Waals surface area contributed by atoms with Crippen LogP contribution in [0, 0.1) is 0 Å². The summed E-state index contributed by atoms with van der Waals surface area (Å²) in [6, 6.07) is 54.9. The fraction of sp³-hybridized carbons (Fsp3) is 0.111. The lowest BCUT2D eigenvalue weighted by atomic mass is 9.80. The summed E-state index contributed by atoms with van der Waals surface area (Å²) in [4.78, 5) is 2.38. The minimum absolute atomic E-state index is 0.146. The van der Waals surface area contributed by atoms with Crippen LogP contribution in [-0.2, 0) is 5.41 Å². The van der Waals surface area contributed by atoms with Crippen LogP contribution in [0.3, 0.4) is 0 Å². The van der Waals surface area contributed by atoms with Gasteiger partial charge in [0.1, 0.15) is 0 Å². The van der Waals surface area contributed by atoms with E-state index in [0.717, 1.165) is 22.7 Å². The monoisotopic (exact) mass is 606 g/mol. The number of rotatable bonds is 7. The highest BCUT2D eigenvalue weighted by molar-refractivity contribution is 5.88. The predicted octanol–water partition coefficient (Wildman–Crippen LogP) is 11.8. The van der Waals surface area contributed by atoms with Crippen molar-refractivity contribution in [1.82, 2.24) is 0 Å². The number of fused-ring (bicyclic) bond motifs is 3. The first kappa shape index (κ1) is 28.8. The Morgan fingerprint density at radius 1 is 0.532 bits per heavy atom. The number of allylic oxidation sites excluding steroid dienone is 2. The van der Waals surface area contributed by atoms with Gasteiger partial charge in [0.25, 0.3) is 0 Å². The molecule has 0 bridgehead atoms. The molecule has 0 radical (unpaired) electrons. The Morgan fingerprint density at radius 2 is 1.15 bits per heavy atom. The molecule has 0 aliphatic heterocycles. The van der Waals surface area contributed by atoms with E-state index in [0.29, 0.717) is 0 Å². The first-order valence-corrected chi connectivity index (χ1v) is 16.5. The molecule has 2 unspecified atom stereocenters. The Labute approximate surface area is 278 Å². The summed E-state index contributed by atoms with van der Waals surface area (Å²) in [5, 5.41) is 3.80. The normalized spacial score (nSPS) is 17.1. The summed E-state index contributed by atoms with van der Waals surface area (Å²) in [6.07, 6.45) is 9.00. The molecule has 2 heteroatoms. The summed E-state index contributed by atoms with van der Waals surface area (Å²) in [7, 11) is 0. The van der Waals surface area contributed by atoms with E-state index < -0.39 is 0 Å². The van der Waals surface area contributed by atoms with Crippen LogP contribution in [0.25, 0.3) is 22.3 Å². The number of benzene rings is 6. The van der Waals surface area contributed by atoms with Gasteiger partial charge in [0.2, 0.25) is 0 Å². The van der Waals surface area contributed by atoms with E-state index in [1.54, 1.807) is 0 Å². The van der Waals surface area contributed by atoms with Crippen molar-refractivity contribution >= 4 is 22.7 Å². The molecular formula is C45H38N2. The van der Waals surface area contributed by atoms with Gasteiger partial charge in [-0.1, -0.05) is 141 Å². The highest BCUT2D eigenvalue weighted by Gasteiger charge is 2.39. The number of hydrogen-bond acceptors (Lipinski definition) is 2. The van der Waals surface area contributed by atoms with Gasteiger partial charge < -0.3 is 10.2 Å². The maximum atomic E-state index is 3.80. The molecule has 0 spiro atoms. The Morgan fingerprint density at radius 3 is 1.89 bits per heavy atom. The molecular weight excluding hydrogens is 569 g/mol. The van der Waals surface area contributed by atoms with Crippen LogP contribution in [0.1, 0.15) is 36.5 Å². The zero-order valence-electron chi connectivity index (χ0n) is 26.8. The third-order valence-corrected chi connectivity index (χ3v) is 9.82. The van der Waals surface area contributed by atoms with E-state index in [4.69, 9.17) is 0 Å². The van der Waals surface area contributed by atoms with E-state index >= 15 is 0 Å². The molecule has 47 heavy (non-hydrogen) atoms. The molecule has 2 atom stereocenters. The fourth-order valence-corrected chi connectivity index (χ4v) is 7.45. The lowest BCUT2D eigenvalue weighted by molar-refractivity contribution is 0.658. The van der Waals surface area contributed by atoms with Crippen molar-refractivity contribution in [3.63, 3.8) is 0 Å². The van der Waals surface area contributed by atoms with Crippen molar-refractivity contribution in [2.24, 2.45) is 0 Å². The summed E-state index contributed by atoms with van der Waals surface area (Å²) >= 11 is 0. The molecule has 0 aromatic heterocycles. The van der Waals surface area contributed by atoms with Crippen LogP contribution in [0.2, 0.25) is 0 Å². The summed E-state index contributed by atoms with van der Waals surface area (Å²) in [5.74, 6) is 0.209. The molecule has 228 valence electrons. The molecule has 0 amide bonds. The third kappa shape index (κ3) is 5.26. The number of nitrogens with one attached hydrogen (secondary N) is 1. The second-order valence-electron chi connectivity index (χ2n) is 13.0. The second-order valence-corrected chi connectivity index (χ2v) is 13.0. The van der Waals surface area contributed by atoms with E-state index in [2.05, 4.69) is 200 Å². The molecule has 2 aliphatic rings. The zero-order chi connectivity index (χ0) is 31.8. The average molecular weight is 607 g/mol. The standard InChI is InChI=1S/C45H38N2/c1-45(2)41-23-14-22-39(38-21-12-13-24-43(38)46-34-17-8-4-9-18-34)44(41)40-30-29-37(31-42(40)45)47(35-19-10-5-11-20-35)36-27-25-33(26-28-36)32-15-6-3-7-16-32/h3-31,38,43,46H,1-2H3. The van der Waals surface area contributed by atoms with Crippen LogP contribution in [0.4, 0.5) is 22.7 Å². The molecule has 0 heterocycles. The van der Waals surface area contributed by atoms with Crippen LogP contribution >= 0.6 is 0 Å². The molecule has 0 fully saturated rings. The van der Waals surface area contributed by atoms with Gasteiger partial charge >= 0.3 is 0 Å². The van der Waals surface area contributed by atoms with Gasteiger partial charge in [-0.15, -0.1) is 0 Å². The second kappa shape index (κ2) is 12.0. The number of hydrogen-bond donors (Lipinski definition) is 1. The molecule has 6 aromatic rings. The smallest absolute Gasteiger partial charge is 0.0551 e. The van der Waals surface area contributed by atoms with Gasteiger partial charge in [0.15, 0.2) is 0 Å². The first-order chi connectivity index (χ1) is 23.1. The van der Waals surface area contributed by atoms with E-state index in [9.17, 15) is 0 Å². The average Bonchev–Trinajstić information content (AvgIpc) is 3.36. The van der Waals surface area contributed by atoms with Crippen LogP contribution < -0.4 is 10.2 Å². The minimum Gasteiger partial charge on any atom is -0.378 e. The maximum Gasteiger partial charge on any atom is 0.0551 e. The molecule has 8 rings (SSSR count). The zero-order valence-corrected chi connectivity index (χ0v) is 26.8. The van der Waals surface area contributed by atoms with Crippen molar-refractivity contribution in [2.75, 3.05) is 10.2 Å². The number of para-hydroxylation sites is 2. The molecule has 1 N–H and O–H groups in total. The Bertz CT molecular complexity index is 2070. The van der Waals surface area contributed by atoms with Crippen molar-refractivity contribution in [3.05, 3.63) is 193 Å². The van der Waals surface area contributed by atoms with Crippen molar-refractivity contribution in [3.8, 4) is 22.3 Å². The van der Waals surface area contributed by atoms with E-state index in [1.165, 1.54) is 38.9 Å². The maximum absolute atomic E-state index is 3.80. The molecule has 2 nitrogen and oxygen atoms in total. The number of nitrogens with zero attached hydrogens (tertiary/aromatic N) is 1. The molecule has 6 aromatic carbocycles. The van der Waals surface area contributed by atoms with Crippen LogP contribution in [-0.4, -0.2) is 6.04 Å². The van der Waals surface area contributed by atoms with Gasteiger partial charge in [-0.2, -0.15) is 0 Å². The van der Waals surface area contributed by atoms with Gasteiger partial charge in [-0.25, -0.2) is 0 Å². The molecule has 2 aliphatic carbocycles. The van der Waals surface area contributed by atoms with Crippen molar-refractivity contribution < 1.29 is 0 Å². The summed E-state index contributed by atoms with van der Waals surface area (Å²) in [5.41, 5.74) is 13.7. The first-order valence-electron chi connectivity index (χ1n) is 16.5. The van der Waals surface area contributed by atoms with Gasteiger partial charge in [-0.3, -0.25) is 0 Å². The predicted molar refractivity (Wildman–Crippen MR) is 199 cm³/mol. The highest BCUT2D eigenvalue weighted by atomic mass is 15.1. The topological polar surface area (TPSA) is 15.3 Å². The van der Waals surface area contributed by atoms with Crippen molar-refractivity contribution in [2.45, 2.75) is 31.2 Å². The Kier molecular flexibility index (Phi) is 7.34. The van der Waals surface area contributed by atoms with Crippen LogP contribution in [0.15, 0.2) is 176 Å². The quantitative estimate of drug-likeness (QED) is 0.194. The van der Waals surface area contributed by atoms with E-state index in [-0.39, 0.29) is 17.4 Å². The lowest BCUT2D eigenvalue weighted by Crippen LogP contribution is -2.26. The highest BCUT2D eigenvalue weighted by Crippen LogP contribution is 2.53. The van der Waals surface area contributed by atoms with Crippen molar-refractivity contribution in [1.29, 1.82) is 0 Å². The van der Waals surface area contributed by atoms with Crippen LogP contribution in [0.5, 0.6) is 0 Å². The molecule has 0 saturated heterocycles. The van der Waals surface area contributed by atoms with E-state index in [1.807, 2.05) is 0 Å². The Balaban J connectivity index is 1.21. The van der Waals surface area contributed by atoms with Gasteiger partial charge in [0, 0.05) is 34.1 Å². The summed E-state index contributed by atoms with van der Waals surface area (Å²) in [6.45, 7) is 4.76.